The number of aromatic amines is 1. The van der Waals surface area contributed by atoms with Crippen molar-refractivity contribution in [1.29, 1.82) is 0 Å². The minimum atomic E-state index is -0.541. The molecule has 0 spiro atoms. The number of benzene rings is 1. The van der Waals surface area contributed by atoms with Crippen molar-refractivity contribution in [3.63, 3.8) is 0 Å². The molecule has 0 saturated carbocycles. The molecule has 1 aromatic carbocycles. The number of carbonyl (C=O) groups excluding carboxylic acids is 2. The second-order valence-electron chi connectivity index (χ2n) is 5.77. The summed E-state index contributed by atoms with van der Waals surface area (Å²) in [6, 6.07) is 6.87. The average Bonchev–Trinajstić information content (AvgIpc) is 3.39. The summed E-state index contributed by atoms with van der Waals surface area (Å²) in [4.78, 5) is 30.9. The molecule has 27 heavy (non-hydrogen) atoms. The second-order valence-corrected chi connectivity index (χ2v) is 6.63. The lowest BCUT2D eigenvalue weighted by Crippen LogP contribution is -2.11. The predicted molar refractivity (Wildman–Crippen MR) is 102 cm³/mol. The first-order valence-electron chi connectivity index (χ1n) is 8.14. The standard InChI is InChI=1S/C17H15N7O2S/c1-2-24-14-4-3-9(5-11(14)22-23-24)16(26)21-17-20-13(8-27-17)10-6-12(15(18)25)19-7-10/h3-8,19H,2H2,1H3,(H2,18,25)(H,20,21,26). The van der Waals surface area contributed by atoms with Crippen LogP contribution < -0.4 is 11.1 Å². The Bertz CT molecular complexity index is 1160. The number of nitrogens with two attached hydrogens (primary N) is 1. The van der Waals surface area contributed by atoms with Crippen LogP contribution in [0.1, 0.15) is 27.8 Å². The molecule has 0 aliphatic heterocycles. The number of aryl methyl sites for hydroxylation is 1. The highest BCUT2D eigenvalue weighted by molar-refractivity contribution is 7.14. The molecule has 3 heterocycles. The molecule has 0 atom stereocenters. The number of carbonyl (C=O) groups is 2. The number of fused-ring (bicyclic) bond motifs is 1. The summed E-state index contributed by atoms with van der Waals surface area (Å²) in [6.45, 7) is 2.69. The van der Waals surface area contributed by atoms with Crippen LogP contribution in [0.15, 0.2) is 35.8 Å². The van der Waals surface area contributed by atoms with Gasteiger partial charge < -0.3 is 10.7 Å². The summed E-state index contributed by atoms with van der Waals surface area (Å²) in [6.07, 6.45) is 1.64. The van der Waals surface area contributed by atoms with Gasteiger partial charge in [-0.05, 0) is 31.2 Å². The van der Waals surface area contributed by atoms with E-state index in [0.29, 0.717) is 34.1 Å². The van der Waals surface area contributed by atoms with Gasteiger partial charge in [0.15, 0.2) is 5.13 Å². The SMILES string of the molecule is CCn1nnc2cc(C(=O)Nc3nc(-c4c[nH]c(C(N)=O)c4)cs3)ccc21. The molecule has 0 fully saturated rings. The third kappa shape index (κ3) is 3.17. The molecule has 4 aromatic rings. The zero-order valence-corrected chi connectivity index (χ0v) is 15.1. The Morgan fingerprint density at radius 1 is 1.33 bits per heavy atom. The van der Waals surface area contributed by atoms with Crippen LogP contribution in [0.25, 0.3) is 22.3 Å². The molecule has 0 radical (unpaired) electrons. The first-order chi connectivity index (χ1) is 13.0. The van der Waals surface area contributed by atoms with Crippen molar-refractivity contribution in [2.45, 2.75) is 13.5 Å². The molecule has 0 bridgehead atoms. The fourth-order valence-corrected chi connectivity index (χ4v) is 3.38. The van der Waals surface area contributed by atoms with E-state index in [9.17, 15) is 9.59 Å². The van der Waals surface area contributed by atoms with Gasteiger partial charge in [0, 0.05) is 29.2 Å². The summed E-state index contributed by atoms with van der Waals surface area (Å²) in [5, 5.41) is 13.1. The van der Waals surface area contributed by atoms with Crippen molar-refractivity contribution in [3.05, 3.63) is 47.1 Å². The molecule has 0 aliphatic rings. The number of rotatable bonds is 5. The lowest BCUT2D eigenvalue weighted by molar-refractivity contribution is 0.0994. The third-order valence-electron chi connectivity index (χ3n) is 4.04. The Balaban J connectivity index is 1.53. The lowest BCUT2D eigenvalue weighted by atomic mass is 10.2. The third-order valence-corrected chi connectivity index (χ3v) is 4.80. The van der Waals surface area contributed by atoms with Crippen molar-refractivity contribution < 1.29 is 9.59 Å². The van der Waals surface area contributed by atoms with E-state index in [1.807, 2.05) is 13.0 Å². The Kier molecular flexibility index (Phi) is 4.16. The first kappa shape index (κ1) is 16.9. The smallest absolute Gasteiger partial charge is 0.265 e. The maximum Gasteiger partial charge on any atom is 0.265 e. The van der Waals surface area contributed by atoms with Crippen molar-refractivity contribution in [1.82, 2.24) is 25.0 Å². The van der Waals surface area contributed by atoms with Gasteiger partial charge in [-0.15, -0.1) is 16.4 Å². The molecule has 4 N–H and O–H groups in total. The number of thiazole rings is 1. The largest absolute Gasteiger partial charge is 0.364 e. The molecule has 0 saturated heterocycles. The van der Waals surface area contributed by atoms with Gasteiger partial charge in [-0.1, -0.05) is 5.21 Å². The van der Waals surface area contributed by atoms with Gasteiger partial charge in [0.1, 0.15) is 11.2 Å². The second kappa shape index (κ2) is 6.65. The van der Waals surface area contributed by atoms with E-state index in [1.54, 1.807) is 34.5 Å². The molecule has 9 nitrogen and oxygen atoms in total. The molecule has 3 aromatic heterocycles. The first-order valence-corrected chi connectivity index (χ1v) is 9.02. The predicted octanol–water partition coefficient (Wildman–Crippen LogP) is 2.25. The van der Waals surface area contributed by atoms with Gasteiger partial charge in [0.05, 0.1) is 11.2 Å². The highest BCUT2D eigenvalue weighted by Gasteiger charge is 2.13. The fraction of sp³-hybridized carbons (Fsp3) is 0.118. The average molecular weight is 381 g/mol. The summed E-state index contributed by atoms with van der Waals surface area (Å²) in [7, 11) is 0. The van der Waals surface area contributed by atoms with Gasteiger partial charge in [-0.3, -0.25) is 14.9 Å². The minimum Gasteiger partial charge on any atom is -0.364 e. The van der Waals surface area contributed by atoms with E-state index in [-0.39, 0.29) is 5.91 Å². The van der Waals surface area contributed by atoms with Crippen LogP contribution >= 0.6 is 11.3 Å². The van der Waals surface area contributed by atoms with Crippen molar-refractivity contribution in [2.24, 2.45) is 5.73 Å². The highest BCUT2D eigenvalue weighted by Crippen LogP contribution is 2.26. The number of hydrogen-bond donors (Lipinski definition) is 3. The monoisotopic (exact) mass is 381 g/mol. The zero-order chi connectivity index (χ0) is 19.0. The van der Waals surface area contributed by atoms with Gasteiger partial charge in [0.2, 0.25) is 0 Å². The number of H-pyrrole nitrogens is 1. The maximum absolute atomic E-state index is 12.5. The Hall–Kier alpha value is -3.53. The number of nitrogens with zero attached hydrogens (tertiary/aromatic N) is 4. The molecule has 4 rings (SSSR count). The van der Waals surface area contributed by atoms with Crippen molar-refractivity contribution in [2.75, 3.05) is 5.32 Å². The van der Waals surface area contributed by atoms with E-state index in [2.05, 4.69) is 25.6 Å². The molecular weight excluding hydrogens is 366 g/mol. The topological polar surface area (TPSA) is 132 Å². The van der Waals surface area contributed by atoms with Gasteiger partial charge in [-0.2, -0.15) is 0 Å². The minimum absolute atomic E-state index is 0.282. The van der Waals surface area contributed by atoms with Crippen LogP contribution in [-0.4, -0.2) is 36.8 Å². The van der Waals surface area contributed by atoms with E-state index in [1.165, 1.54) is 11.3 Å². The Labute approximate surface area is 157 Å². The number of hydrogen-bond acceptors (Lipinski definition) is 6. The van der Waals surface area contributed by atoms with Crippen LogP contribution in [0.4, 0.5) is 5.13 Å². The number of amides is 2. The molecular formula is C17H15N7O2S. The summed E-state index contributed by atoms with van der Waals surface area (Å²) in [5.41, 5.74) is 8.91. The normalized spacial score (nSPS) is 11.0. The quantitative estimate of drug-likeness (QED) is 0.488. The van der Waals surface area contributed by atoms with Gasteiger partial charge in [0.25, 0.3) is 11.8 Å². The van der Waals surface area contributed by atoms with Crippen LogP contribution in [0.5, 0.6) is 0 Å². The van der Waals surface area contributed by atoms with E-state index < -0.39 is 5.91 Å². The maximum atomic E-state index is 12.5. The van der Waals surface area contributed by atoms with Crippen molar-refractivity contribution >= 4 is 39.3 Å². The fourth-order valence-electron chi connectivity index (χ4n) is 2.66. The summed E-state index contributed by atoms with van der Waals surface area (Å²) < 4.78 is 1.77. The van der Waals surface area contributed by atoms with E-state index >= 15 is 0 Å². The van der Waals surface area contributed by atoms with Crippen molar-refractivity contribution in [3.8, 4) is 11.3 Å². The van der Waals surface area contributed by atoms with Crippen LogP contribution in [0.3, 0.4) is 0 Å². The molecule has 0 aliphatic carbocycles. The lowest BCUT2D eigenvalue weighted by Gasteiger charge is -2.02. The highest BCUT2D eigenvalue weighted by atomic mass is 32.1. The number of anilines is 1. The van der Waals surface area contributed by atoms with Gasteiger partial charge >= 0.3 is 0 Å². The van der Waals surface area contributed by atoms with E-state index in [4.69, 9.17) is 5.73 Å². The number of aromatic nitrogens is 5. The molecule has 10 heteroatoms. The van der Waals surface area contributed by atoms with E-state index in [0.717, 1.165) is 11.1 Å². The Morgan fingerprint density at radius 3 is 2.93 bits per heavy atom. The summed E-state index contributed by atoms with van der Waals surface area (Å²) >= 11 is 1.29. The molecule has 0 unspecified atom stereocenters. The number of nitrogens with one attached hydrogen (secondary N) is 2. The zero-order valence-electron chi connectivity index (χ0n) is 14.3. The molecule has 136 valence electrons. The van der Waals surface area contributed by atoms with Crippen LogP contribution in [-0.2, 0) is 6.54 Å². The van der Waals surface area contributed by atoms with Crippen LogP contribution in [0.2, 0.25) is 0 Å². The molecule has 2 amide bonds. The van der Waals surface area contributed by atoms with Gasteiger partial charge in [-0.25, -0.2) is 9.67 Å². The van der Waals surface area contributed by atoms with Crippen LogP contribution in [0, 0.1) is 0 Å². The Morgan fingerprint density at radius 2 is 2.19 bits per heavy atom. The summed E-state index contributed by atoms with van der Waals surface area (Å²) in [5.74, 6) is -0.823. The number of primary amides is 1.